The second-order valence-electron chi connectivity index (χ2n) is 7.81. The van der Waals surface area contributed by atoms with Gasteiger partial charge in [0, 0.05) is 5.75 Å². The van der Waals surface area contributed by atoms with Crippen molar-refractivity contribution in [2.24, 2.45) is 0 Å². The highest BCUT2D eigenvalue weighted by molar-refractivity contribution is 8.00. The summed E-state index contributed by atoms with van der Waals surface area (Å²) in [5.41, 5.74) is 2.25. The molecule has 0 saturated carbocycles. The molecule has 1 atom stereocenters. The van der Waals surface area contributed by atoms with Gasteiger partial charge in [0.05, 0.1) is 0 Å². The van der Waals surface area contributed by atoms with E-state index in [1.54, 1.807) is 19.1 Å². The minimum Gasteiger partial charge on any atom is -0.481 e. The average Bonchev–Trinajstić information content (AvgIpc) is 3.14. The van der Waals surface area contributed by atoms with Crippen LogP contribution in [0.4, 0.5) is 9.52 Å². The first-order valence-corrected chi connectivity index (χ1v) is 11.3. The van der Waals surface area contributed by atoms with E-state index in [0.717, 1.165) is 9.90 Å². The Morgan fingerprint density at radius 1 is 1.13 bits per heavy atom. The van der Waals surface area contributed by atoms with E-state index in [0.29, 0.717) is 16.6 Å². The summed E-state index contributed by atoms with van der Waals surface area (Å²) >= 11 is 2.77. The topological polar surface area (TPSA) is 64.1 Å². The van der Waals surface area contributed by atoms with Crippen LogP contribution in [0, 0.1) is 5.82 Å². The van der Waals surface area contributed by atoms with E-state index in [1.165, 1.54) is 40.8 Å². The predicted octanol–water partition coefficient (Wildman–Crippen LogP) is 5.67. The van der Waals surface area contributed by atoms with Crippen molar-refractivity contribution < 1.29 is 13.9 Å². The van der Waals surface area contributed by atoms with Gasteiger partial charge < -0.3 is 4.74 Å². The molecule has 3 aromatic rings. The van der Waals surface area contributed by atoms with Crippen molar-refractivity contribution in [2.75, 3.05) is 5.32 Å². The second kappa shape index (κ2) is 9.57. The molecule has 1 N–H and O–H groups in total. The second-order valence-corrected chi connectivity index (χ2v) is 10.0. The lowest BCUT2D eigenvalue weighted by atomic mass is 9.87. The van der Waals surface area contributed by atoms with Crippen LogP contribution in [0.5, 0.6) is 5.75 Å². The van der Waals surface area contributed by atoms with Gasteiger partial charge in [-0.05, 0) is 47.7 Å². The summed E-state index contributed by atoms with van der Waals surface area (Å²) in [6.07, 6.45) is -0.676. The Balaban J connectivity index is 1.51. The molecule has 0 aliphatic rings. The normalized spacial score (nSPS) is 12.4. The quantitative estimate of drug-likeness (QED) is 0.375. The largest absolute Gasteiger partial charge is 0.481 e. The number of carbonyl (C=O) groups is 1. The lowest BCUT2D eigenvalue weighted by molar-refractivity contribution is -0.122. The molecule has 1 heterocycles. The molecule has 30 heavy (non-hydrogen) atoms. The molecule has 158 valence electrons. The summed E-state index contributed by atoms with van der Waals surface area (Å²) in [6.45, 7) is 8.13. The Kier molecular flexibility index (Phi) is 7.10. The number of rotatable bonds is 7. The van der Waals surface area contributed by atoms with E-state index in [-0.39, 0.29) is 17.1 Å². The molecule has 8 heteroatoms. The van der Waals surface area contributed by atoms with Crippen molar-refractivity contribution in [2.45, 2.75) is 49.3 Å². The molecule has 0 aliphatic carbocycles. The Morgan fingerprint density at radius 3 is 2.43 bits per heavy atom. The number of aromatic nitrogens is 2. The molecule has 1 unspecified atom stereocenters. The number of anilines is 1. The third-order valence-electron chi connectivity index (χ3n) is 4.31. The molecule has 0 radical (unpaired) electrons. The average molecular weight is 446 g/mol. The fourth-order valence-corrected chi connectivity index (χ4v) is 4.25. The fourth-order valence-electron chi connectivity index (χ4n) is 2.54. The van der Waals surface area contributed by atoms with Crippen LogP contribution in [-0.2, 0) is 16.0 Å². The van der Waals surface area contributed by atoms with Crippen molar-refractivity contribution in [1.29, 1.82) is 0 Å². The first kappa shape index (κ1) is 22.2. The zero-order chi connectivity index (χ0) is 21.7. The van der Waals surface area contributed by atoms with Crippen LogP contribution in [0.1, 0.15) is 38.8 Å². The molecule has 1 amide bonds. The van der Waals surface area contributed by atoms with Gasteiger partial charge in [-0.3, -0.25) is 10.1 Å². The van der Waals surface area contributed by atoms with Gasteiger partial charge in [-0.25, -0.2) is 4.39 Å². The Hall–Kier alpha value is -2.45. The number of hydrogen-bond acceptors (Lipinski definition) is 6. The minimum absolute atomic E-state index is 0.0613. The van der Waals surface area contributed by atoms with E-state index in [2.05, 4.69) is 36.3 Å². The number of nitrogens with zero attached hydrogens (tertiary/aromatic N) is 2. The summed E-state index contributed by atoms with van der Waals surface area (Å²) < 4.78 is 19.4. The summed E-state index contributed by atoms with van der Waals surface area (Å²) in [4.78, 5) is 12.4. The molecule has 2 aromatic carbocycles. The van der Waals surface area contributed by atoms with Crippen LogP contribution in [0.15, 0.2) is 52.9 Å². The molecule has 0 aliphatic heterocycles. The first-order valence-electron chi connectivity index (χ1n) is 9.49. The maximum atomic E-state index is 13.0. The highest BCUT2D eigenvalue weighted by Gasteiger charge is 2.18. The van der Waals surface area contributed by atoms with Gasteiger partial charge in [0.2, 0.25) is 5.13 Å². The van der Waals surface area contributed by atoms with E-state index < -0.39 is 6.10 Å². The Bertz CT molecular complexity index is 983. The number of halogens is 1. The monoisotopic (exact) mass is 445 g/mol. The van der Waals surface area contributed by atoms with Gasteiger partial charge in [0.15, 0.2) is 10.4 Å². The first-order chi connectivity index (χ1) is 14.2. The van der Waals surface area contributed by atoms with Crippen LogP contribution in [-0.4, -0.2) is 22.2 Å². The van der Waals surface area contributed by atoms with Gasteiger partial charge in [-0.1, -0.05) is 68.1 Å². The van der Waals surface area contributed by atoms with Crippen LogP contribution >= 0.6 is 23.1 Å². The van der Waals surface area contributed by atoms with Crippen molar-refractivity contribution in [3.05, 3.63) is 65.5 Å². The van der Waals surface area contributed by atoms with Crippen LogP contribution < -0.4 is 10.1 Å². The molecule has 0 bridgehead atoms. The van der Waals surface area contributed by atoms with Gasteiger partial charge in [0.25, 0.3) is 5.91 Å². The zero-order valence-corrected chi connectivity index (χ0v) is 18.9. The molecule has 0 fully saturated rings. The van der Waals surface area contributed by atoms with Crippen LogP contribution in [0.25, 0.3) is 0 Å². The van der Waals surface area contributed by atoms with Gasteiger partial charge >= 0.3 is 0 Å². The number of thioether (sulfide) groups is 1. The minimum atomic E-state index is -0.676. The van der Waals surface area contributed by atoms with Gasteiger partial charge in [0.1, 0.15) is 11.6 Å². The maximum Gasteiger partial charge on any atom is 0.266 e. The molecule has 5 nitrogen and oxygen atoms in total. The molecular formula is C22H24FN3O2S2. The van der Waals surface area contributed by atoms with Crippen molar-refractivity contribution in [3.63, 3.8) is 0 Å². The zero-order valence-electron chi connectivity index (χ0n) is 17.3. The highest BCUT2D eigenvalue weighted by atomic mass is 32.2. The van der Waals surface area contributed by atoms with E-state index in [9.17, 15) is 9.18 Å². The molecule has 3 rings (SSSR count). The van der Waals surface area contributed by atoms with Crippen molar-refractivity contribution in [1.82, 2.24) is 10.2 Å². The summed E-state index contributed by atoms with van der Waals surface area (Å²) in [5.74, 6) is 0.734. The SMILES string of the molecule is CC(Oc1ccc(C(C)(C)C)cc1)C(=O)Nc1nnc(SCc2ccc(F)cc2)s1. The number of carbonyl (C=O) groups excluding carboxylic acids is 1. The van der Waals surface area contributed by atoms with Crippen LogP contribution in [0.2, 0.25) is 0 Å². The van der Waals surface area contributed by atoms with Gasteiger partial charge in [-0.15, -0.1) is 10.2 Å². The third kappa shape index (κ3) is 6.27. The summed E-state index contributed by atoms with van der Waals surface area (Å²) in [6, 6.07) is 14.1. The van der Waals surface area contributed by atoms with E-state index in [1.807, 2.05) is 24.3 Å². The van der Waals surface area contributed by atoms with E-state index >= 15 is 0 Å². The molecule has 1 aromatic heterocycles. The number of benzene rings is 2. The number of nitrogens with one attached hydrogen (secondary N) is 1. The lowest BCUT2D eigenvalue weighted by Crippen LogP contribution is -2.30. The van der Waals surface area contributed by atoms with E-state index in [4.69, 9.17) is 4.74 Å². The number of amides is 1. The van der Waals surface area contributed by atoms with Gasteiger partial charge in [-0.2, -0.15) is 0 Å². The number of hydrogen-bond donors (Lipinski definition) is 1. The van der Waals surface area contributed by atoms with Crippen molar-refractivity contribution >= 4 is 34.1 Å². The van der Waals surface area contributed by atoms with Crippen molar-refractivity contribution in [3.8, 4) is 5.75 Å². The summed E-state index contributed by atoms with van der Waals surface area (Å²) in [5, 5.41) is 11.2. The third-order valence-corrected chi connectivity index (χ3v) is 6.36. The molecular weight excluding hydrogens is 421 g/mol. The standard InChI is InChI=1S/C22H24FN3O2S2/c1-14(28-18-11-7-16(8-12-18)22(2,3)4)19(27)24-20-25-26-21(30-20)29-13-15-5-9-17(23)10-6-15/h5-12,14H,13H2,1-4H3,(H,24,25,27). The highest BCUT2D eigenvalue weighted by Crippen LogP contribution is 2.29. The fraction of sp³-hybridized carbons (Fsp3) is 0.318. The lowest BCUT2D eigenvalue weighted by Gasteiger charge is -2.20. The predicted molar refractivity (Wildman–Crippen MR) is 120 cm³/mol. The molecule has 0 saturated heterocycles. The molecule has 0 spiro atoms. The Labute approximate surface area is 184 Å². The number of ether oxygens (including phenoxy) is 1. The smallest absolute Gasteiger partial charge is 0.266 e. The van der Waals surface area contributed by atoms with Crippen LogP contribution in [0.3, 0.4) is 0 Å². The summed E-state index contributed by atoms with van der Waals surface area (Å²) in [7, 11) is 0. The Morgan fingerprint density at radius 2 is 1.80 bits per heavy atom. The maximum absolute atomic E-state index is 13.0.